The molecule has 0 bridgehead atoms. The van der Waals surface area contributed by atoms with Crippen LogP contribution in [0.15, 0.2) is 0 Å². The average molecular weight is 227 g/mol. The number of hydrogen-bond acceptors (Lipinski definition) is 2. The molecule has 0 N–H and O–H groups in total. The second-order valence-electron chi connectivity index (χ2n) is 1.49. The van der Waals surface area contributed by atoms with Gasteiger partial charge in [0.25, 0.3) is 0 Å². The zero-order valence-electron chi connectivity index (χ0n) is 7.89. The zero-order chi connectivity index (χ0) is 9.11. The first-order valence-electron chi connectivity index (χ1n) is 4.14. The Bertz CT molecular complexity index is 54.1. The molecule has 0 unspecified atom stereocenters. The number of hydrogen-bond donors (Lipinski definition) is 0. The summed E-state index contributed by atoms with van der Waals surface area (Å²) in [5.74, 6) is 0. The summed E-state index contributed by atoms with van der Waals surface area (Å²) in [6.45, 7) is 9.32. The maximum Gasteiger partial charge on any atom is 0.167 e. The van der Waals surface area contributed by atoms with Gasteiger partial charge in [-0.15, -0.1) is 0 Å². The van der Waals surface area contributed by atoms with Crippen molar-refractivity contribution in [2.75, 3.05) is 18.5 Å². The predicted molar refractivity (Wildman–Crippen MR) is 52.2 cm³/mol. The Balaban J connectivity index is 0. The molecule has 0 aliphatic carbocycles. The van der Waals surface area contributed by atoms with Crippen molar-refractivity contribution in [3.8, 4) is 0 Å². The number of ether oxygens (including phenoxy) is 2. The van der Waals surface area contributed by atoms with Gasteiger partial charge in [-0.2, -0.15) is 0 Å². The summed E-state index contributed by atoms with van der Waals surface area (Å²) in [6.07, 6.45) is -0.0694. The van der Waals surface area contributed by atoms with Crippen LogP contribution in [0.4, 0.5) is 0 Å². The third kappa shape index (κ3) is 10.4. The highest BCUT2D eigenvalue weighted by atomic mass is 79.9. The van der Waals surface area contributed by atoms with E-state index in [0.29, 0.717) is 13.2 Å². The minimum absolute atomic E-state index is 0.0694. The molecule has 0 aromatic heterocycles. The van der Waals surface area contributed by atoms with Crippen LogP contribution < -0.4 is 0 Å². The van der Waals surface area contributed by atoms with E-state index >= 15 is 0 Å². The fraction of sp³-hybridized carbons (Fsp3) is 1.00. The molecule has 0 aliphatic rings. The van der Waals surface area contributed by atoms with Gasteiger partial charge >= 0.3 is 0 Å². The molecule has 0 aliphatic heterocycles. The van der Waals surface area contributed by atoms with E-state index in [0.717, 1.165) is 5.33 Å². The Labute approximate surface area is 78.4 Å². The molecule has 0 saturated carbocycles. The maximum atomic E-state index is 5.16. The first kappa shape index (κ1) is 14.0. The van der Waals surface area contributed by atoms with Gasteiger partial charge in [0.1, 0.15) is 0 Å². The van der Waals surface area contributed by atoms with Gasteiger partial charge in [0.05, 0.1) is 5.33 Å². The highest BCUT2D eigenvalue weighted by Gasteiger charge is 2.02. The molecular formula is C8H19BrO2. The summed E-state index contributed by atoms with van der Waals surface area (Å²) in [6, 6.07) is 0. The van der Waals surface area contributed by atoms with E-state index in [4.69, 9.17) is 9.47 Å². The quantitative estimate of drug-likeness (QED) is 0.531. The Morgan fingerprint density at radius 1 is 1.09 bits per heavy atom. The van der Waals surface area contributed by atoms with Crippen LogP contribution in [-0.2, 0) is 9.47 Å². The van der Waals surface area contributed by atoms with Crippen LogP contribution in [0.1, 0.15) is 27.7 Å². The van der Waals surface area contributed by atoms with Crippen molar-refractivity contribution in [1.29, 1.82) is 0 Å². The Kier molecular flexibility index (Phi) is 16.5. The summed E-state index contributed by atoms with van der Waals surface area (Å²) < 4.78 is 10.3. The normalized spacial score (nSPS) is 9.27. The molecule has 0 heterocycles. The summed E-state index contributed by atoms with van der Waals surface area (Å²) in [5, 5.41) is 0.745. The Morgan fingerprint density at radius 2 is 1.45 bits per heavy atom. The highest BCUT2D eigenvalue weighted by molar-refractivity contribution is 9.09. The van der Waals surface area contributed by atoms with Crippen molar-refractivity contribution >= 4 is 15.9 Å². The smallest absolute Gasteiger partial charge is 0.167 e. The lowest BCUT2D eigenvalue weighted by atomic mass is 10.7. The second-order valence-corrected chi connectivity index (χ2v) is 2.14. The summed E-state index contributed by atoms with van der Waals surface area (Å²) in [5.41, 5.74) is 0. The molecule has 0 rings (SSSR count). The minimum Gasteiger partial charge on any atom is -0.352 e. The lowest BCUT2D eigenvalue weighted by molar-refractivity contribution is -0.119. The van der Waals surface area contributed by atoms with Gasteiger partial charge in [0.15, 0.2) is 6.29 Å². The van der Waals surface area contributed by atoms with Gasteiger partial charge in [-0.1, -0.05) is 29.8 Å². The topological polar surface area (TPSA) is 18.5 Å². The van der Waals surface area contributed by atoms with Gasteiger partial charge in [0.2, 0.25) is 0 Å². The third-order valence-corrected chi connectivity index (χ3v) is 1.36. The molecule has 2 nitrogen and oxygen atoms in total. The Hall–Kier alpha value is 0.400. The van der Waals surface area contributed by atoms with Crippen molar-refractivity contribution in [3.63, 3.8) is 0 Å². The molecule has 11 heavy (non-hydrogen) atoms. The van der Waals surface area contributed by atoms with E-state index in [2.05, 4.69) is 15.9 Å². The number of alkyl halides is 1. The third-order valence-electron chi connectivity index (χ3n) is 0.831. The van der Waals surface area contributed by atoms with Crippen molar-refractivity contribution in [1.82, 2.24) is 0 Å². The highest BCUT2D eigenvalue weighted by Crippen LogP contribution is 1.98. The van der Waals surface area contributed by atoms with Gasteiger partial charge in [0, 0.05) is 13.2 Å². The molecule has 0 radical (unpaired) electrons. The van der Waals surface area contributed by atoms with E-state index in [9.17, 15) is 0 Å². The maximum absolute atomic E-state index is 5.16. The van der Waals surface area contributed by atoms with E-state index in [1.807, 2.05) is 27.7 Å². The predicted octanol–water partition coefficient (Wildman–Crippen LogP) is 2.81. The zero-order valence-corrected chi connectivity index (χ0v) is 9.48. The van der Waals surface area contributed by atoms with Crippen LogP contribution >= 0.6 is 15.9 Å². The number of halogens is 1. The van der Waals surface area contributed by atoms with Crippen LogP contribution in [0.25, 0.3) is 0 Å². The van der Waals surface area contributed by atoms with Crippen LogP contribution in [0.2, 0.25) is 0 Å². The van der Waals surface area contributed by atoms with Gasteiger partial charge < -0.3 is 9.47 Å². The van der Waals surface area contributed by atoms with E-state index < -0.39 is 0 Å². The molecule has 0 aromatic carbocycles. The van der Waals surface area contributed by atoms with E-state index in [1.54, 1.807) is 0 Å². The summed E-state index contributed by atoms with van der Waals surface area (Å²) in [4.78, 5) is 0. The molecule has 70 valence electrons. The van der Waals surface area contributed by atoms with Crippen molar-refractivity contribution in [3.05, 3.63) is 0 Å². The van der Waals surface area contributed by atoms with Crippen molar-refractivity contribution in [2.45, 2.75) is 34.0 Å². The molecule has 0 atom stereocenters. The summed E-state index contributed by atoms with van der Waals surface area (Å²) >= 11 is 3.27. The molecule has 3 heteroatoms. The van der Waals surface area contributed by atoms with Crippen molar-refractivity contribution in [2.24, 2.45) is 0 Å². The van der Waals surface area contributed by atoms with E-state index in [1.165, 1.54) is 0 Å². The molecular weight excluding hydrogens is 208 g/mol. The van der Waals surface area contributed by atoms with E-state index in [-0.39, 0.29) is 6.29 Å². The van der Waals surface area contributed by atoms with Gasteiger partial charge in [-0.05, 0) is 13.8 Å². The van der Waals surface area contributed by atoms with Gasteiger partial charge in [-0.3, -0.25) is 0 Å². The lowest BCUT2D eigenvalue weighted by Gasteiger charge is -2.12. The van der Waals surface area contributed by atoms with Crippen LogP contribution in [0.5, 0.6) is 0 Å². The molecule has 0 saturated heterocycles. The SMILES string of the molecule is CC.CCOC(CBr)OCC. The minimum atomic E-state index is -0.0694. The second kappa shape index (κ2) is 13.0. The molecule has 0 amide bonds. The first-order valence-corrected chi connectivity index (χ1v) is 5.26. The van der Waals surface area contributed by atoms with Crippen LogP contribution in [-0.4, -0.2) is 24.8 Å². The van der Waals surface area contributed by atoms with Crippen molar-refractivity contribution < 1.29 is 9.47 Å². The average Bonchev–Trinajstić information content (AvgIpc) is 2.08. The fourth-order valence-corrected chi connectivity index (χ4v) is 0.883. The fourth-order valence-electron chi connectivity index (χ4n) is 0.509. The monoisotopic (exact) mass is 226 g/mol. The van der Waals surface area contributed by atoms with Gasteiger partial charge in [-0.25, -0.2) is 0 Å². The first-order chi connectivity index (χ1) is 5.35. The largest absolute Gasteiger partial charge is 0.352 e. The molecule has 0 fully saturated rings. The van der Waals surface area contributed by atoms with Crippen LogP contribution in [0.3, 0.4) is 0 Å². The molecule has 0 spiro atoms. The van der Waals surface area contributed by atoms with Crippen LogP contribution in [0, 0.1) is 0 Å². The number of rotatable bonds is 5. The lowest BCUT2D eigenvalue weighted by Crippen LogP contribution is -2.18. The standard InChI is InChI=1S/C6H13BrO2.C2H6/c1-3-8-6(5-7)9-4-2;1-2/h6H,3-5H2,1-2H3;1-2H3. The Morgan fingerprint density at radius 3 is 1.64 bits per heavy atom. The molecule has 0 aromatic rings. The summed E-state index contributed by atoms with van der Waals surface area (Å²) in [7, 11) is 0.